The van der Waals surface area contributed by atoms with Crippen molar-refractivity contribution in [3.63, 3.8) is 0 Å². The van der Waals surface area contributed by atoms with E-state index in [2.05, 4.69) is 5.32 Å². The van der Waals surface area contributed by atoms with Crippen LogP contribution in [0.2, 0.25) is 0 Å². The fourth-order valence-electron chi connectivity index (χ4n) is 2.61. The van der Waals surface area contributed by atoms with Gasteiger partial charge in [-0.25, -0.2) is 0 Å². The van der Waals surface area contributed by atoms with Gasteiger partial charge in [-0.15, -0.1) is 0 Å². The number of carbonyl (C=O) groups is 1. The van der Waals surface area contributed by atoms with Gasteiger partial charge in [-0.1, -0.05) is 24.3 Å². The van der Waals surface area contributed by atoms with E-state index in [1.165, 1.54) is 0 Å². The van der Waals surface area contributed by atoms with Gasteiger partial charge in [0.1, 0.15) is 11.3 Å². The predicted molar refractivity (Wildman–Crippen MR) is 89.9 cm³/mol. The first-order chi connectivity index (χ1) is 11.1. The Bertz CT molecular complexity index is 864. The Hall–Kier alpha value is -2.75. The number of hydrogen-bond acceptors (Lipinski definition) is 3. The van der Waals surface area contributed by atoms with Crippen LogP contribution >= 0.6 is 0 Å². The van der Waals surface area contributed by atoms with E-state index in [1.54, 1.807) is 7.11 Å². The van der Waals surface area contributed by atoms with Gasteiger partial charge in [0.15, 0.2) is 5.76 Å². The summed E-state index contributed by atoms with van der Waals surface area (Å²) in [5.74, 6) is 0.885. The molecule has 1 N–H and O–H groups in total. The number of carbonyl (C=O) groups excluding carboxylic acids is 1. The average molecular weight is 309 g/mol. The molecule has 0 fully saturated rings. The van der Waals surface area contributed by atoms with Gasteiger partial charge in [0, 0.05) is 17.5 Å². The zero-order valence-electron chi connectivity index (χ0n) is 13.5. The van der Waals surface area contributed by atoms with Crippen LogP contribution in [0.15, 0.2) is 46.9 Å². The van der Waals surface area contributed by atoms with Crippen molar-refractivity contribution in [1.29, 1.82) is 0 Å². The molecule has 0 radical (unpaired) electrons. The molecule has 0 aliphatic rings. The summed E-state index contributed by atoms with van der Waals surface area (Å²) in [6, 6.07) is 13.5. The highest BCUT2D eigenvalue weighted by Crippen LogP contribution is 2.28. The van der Waals surface area contributed by atoms with Crippen molar-refractivity contribution >= 4 is 16.9 Å². The Morgan fingerprint density at radius 1 is 1.17 bits per heavy atom. The molecule has 0 spiro atoms. The number of nitrogens with one attached hydrogen (secondary N) is 1. The highest BCUT2D eigenvalue weighted by Gasteiger charge is 2.18. The molecule has 1 amide bonds. The maximum Gasteiger partial charge on any atom is 0.287 e. The molecule has 0 aliphatic heterocycles. The zero-order chi connectivity index (χ0) is 16.4. The quantitative estimate of drug-likeness (QED) is 0.793. The molecule has 0 aliphatic carbocycles. The summed E-state index contributed by atoms with van der Waals surface area (Å²) in [4.78, 5) is 12.4. The van der Waals surface area contributed by atoms with E-state index in [9.17, 15) is 4.79 Å². The first-order valence-corrected chi connectivity index (χ1v) is 7.50. The van der Waals surface area contributed by atoms with E-state index in [0.29, 0.717) is 17.9 Å². The minimum Gasteiger partial charge on any atom is -0.497 e. The second-order valence-electron chi connectivity index (χ2n) is 5.53. The van der Waals surface area contributed by atoms with E-state index in [4.69, 9.17) is 9.15 Å². The molecule has 0 atom stereocenters. The Labute approximate surface area is 135 Å². The molecular formula is C19H19NO3. The van der Waals surface area contributed by atoms with Crippen LogP contribution in [-0.4, -0.2) is 13.0 Å². The van der Waals surface area contributed by atoms with Crippen LogP contribution in [0.5, 0.6) is 5.75 Å². The van der Waals surface area contributed by atoms with Crippen LogP contribution in [0.4, 0.5) is 0 Å². The zero-order valence-corrected chi connectivity index (χ0v) is 13.5. The van der Waals surface area contributed by atoms with E-state index in [-0.39, 0.29) is 5.91 Å². The maximum atomic E-state index is 12.4. The van der Waals surface area contributed by atoms with Crippen molar-refractivity contribution in [2.45, 2.75) is 20.4 Å². The van der Waals surface area contributed by atoms with Crippen LogP contribution in [0.1, 0.15) is 27.2 Å². The molecule has 23 heavy (non-hydrogen) atoms. The summed E-state index contributed by atoms with van der Waals surface area (Å²) in [6.45, 7) is 4.39. The molecule has 3 rings (SSSR count). The number of aryl methyl sites for hydroxylation is 2. The number of furan rings is 1. The van der Waals surface area contributed by atoms with Crippen LogP contribution in [0.3, 0.4) is 0 Å². The van der Waals surface area contributed by atoms with Gasteiger partial charge in [0.2, 0.25) is 0 Å². The minimum atomic E-state index is -0.207. The fourth-order valence-corrected chi connectivity index (χ4v) is 2.61. The summed E-state index contributed by atoms with van der Waals surface area (Å²) >= 11 is 0. The number of methoxy groups -OCH3 is 1. The first kappa shape index (κ1) is 15.2. The third kappa shape index (κ3) is 2.93. The second-order valence-corrected chi connectivity index (χ2v) is 5.53. The molecule has 1 aromatic heterocycles. The van der Waals surface area contributed by atoms with Gasteiger partial charge in [0.05, 0.1) is 7.11 Å². The lowest BCUT2D eigenvalue weighted by Crippen LogP contribution is -2.23. The highest BCUT2D eigenvalue weighted by atomic mass is 16.5. The second kappa shape index (κ2) is 6.16. The topological polar surface area (TPSA) is 51.5 Å². The summed E-state index contributed by atoms with van der Waals surface area (Å²) < 4.78 is 10.9. The number of fused-ring (bicyclic) bond motifs is 1. The largest absolute Gasteiger partial charge is 0.497 e. The molecule has 0 saturated carbocycles. The molecule has 4 nitrogen and oxygen atoms in total. The van der Waals surface area contributed by atoms with Crippen LogP contribution in [0.25, 0.3) is 11.0 Å². The molecule has 4 heteroatoms. The van der Waals surface area contributed by atoms with Gasteiger partial charge in [-0.2, -0.15) is 0 Å². The molecule has 118 valence electrons. The summed E-state index contributed by atoms with van der Waals surface area (Å²) in [5.41, 5.74) is 3.75. The summed E-state index contributed by atoms with van der Waals surface area (Å²) in [5, 5.41) is 3.82. The lowest BCUT2D eigenvalue weighted by molar-refractivity contribution is 0.0924. The standard InChI is InChI=1S/C19H19NO3/c1-12-6-4-5-7-14(12)11-20-19(21)18-13(2)16-10-15(22-3)8-9-17(16)23-18/h4-10H,11H2,1-3H3,(H,20,21). The normalized spacial score (nSPS) is 10.7. The molecular weight excluding hydrogens is 290 g/mol. The van der Waals surface area contributed by atoms with Crippen molar-refractivity contribution in [3.05, 3.63) is 64.9 Å². The van der Waals surface area contributed by atoms with Crippen molar-refractivity contribution in [2.75, 3.05) is 7.11 Å². The first-order valence-electron chi connectivity index (χ1n) is 7.50. The Morgan fingerprint density at radius 2 is 1.96 bits per heavy atom. The number of ether oxygens (including phenoxy) is 1. The fraction of sp³-hybridized carbons (Fsp3) is 0.211. The third-order valence-corrected chi connectivity index (χ3v) is 4.05. The van der Waals surface area contributed by atoms with Crippen molar-refractivity contribution < 1.29 is 13.9 Å². The molecule has 0 unspecified atom stereocenters. The summed E-state index contributed by atoms with van der Waals surface area (Å²) in [7, 11) is 1.62. The lowest BCUT2D eigenvalue weighted by atomic mass is 10.1. The minimum absolute atomic E-state index is 0.207. The van der Waals surface area contributed by atoms with Crippen molar-refractivity contribution in [2.24, 2.45) is 0 Å². The molecule has 3 aromatic rings. The monoisotopic (exact) mass is 309 g/mol. The Kier molecular flexibility index (Phi) is 4.06. The molecule has 2 aromatic carbocycles. The van der Waals surface area contributed by atoms with Gasteiger partial charge >= 0.3 is 0 Å². The van der Waals surface area contributed by atoms with E-state index < -0.39 is 0 Å². The van der Waals surface area contributed by atoms with Gasteiger partial charge in [0.25, 0.3) is 5.91 Å². The van der Waals surface area contributed by atoms with Crippen LogP contribution in [-0.2, 0) is 6.54 Å². The van der Waals surface area contributed by atoms with Gasteiger partial charge < -0.3 is 14.5 Å². The van der Waals surface area contributed by atoms with E-state index in [1.807, 2.05) is 56.3 Å². The molecule has 1 heterocycles. The third-order valence-electron chi connectivity index (χ3n) is 4.05. The number of benzene rings is 2. The Balaban J connectivity index is 1.83. The van der Waals surface area contributed by atoms with Crippen molar-refractivity contribution in [1.82, 2.24) is 5.32 Å². The number of hydrogen-bond donors (Lipinski definition) is 1. The lowest BCUT2D eigenvalue weighted by Gasteiger charge is -2.06. The Morgan fingerprint density at radius 3 is 2.70 bits per heavy atom. The smallest absolute Gasteiger partial charge is 0.287 e. The highest BCUT2D eigenvalue weighted by molar-refractivity contribution is 5.99. The maximum absolute atomic E-state index is 12.4. The molecule has 0 saturated heterocycles. The van der Waals surface area contributed by atoms with E-state index >= 15 is 0 Å². The average Bonchev–Trinajstić information content (AvgIpc) is 2.90. The van der Waals surface area contributed by atoms with Gasteiger partial charge in [-0.3, -0.25) is 4.79 Å². The van der Waals surface area contributed by atoms with Crippen LogP contribution in [0, 0.1) is 13.8 Å². The van der Waals surface area contributed by atoms with Crippen molar-refractivity contribution in [3.8, 4) is 5.75 Å². The SMILES string of the molecule is COc1ccc2oc(C(=O)NCc3ccccc3C)c(C)c2c1. The summed E-state index contributed by atoms with van der Waals surface area (Å²) in [6.07, 6.45) is 0. The van der Waals surface area contributed by atoms with Gasteiger partial charge in [-0.05, 0) is 43.2 Å². The predicted octanol–water partition coefficient (Wildman–Crippen LogP) is 3.99. The molecule has 0 bridgehead atoms. The van der Waals surface area contributed by atoms with Crippen LogP contribution < -0.4 is 10.1 Å². The van der Waals surface area contributed by atoms with E-state index in [0.717, 1.165) is 27.8 Å². The number of amides is 1. The number of rotatable bonds is 4.